The zero-order valence-electron chi connectivity index (χ0n) is 17.9. The number of hydrogen-bond donors (Lipinski definition) is 0. The molecule has 0 radical (unpaired) electrons. The predicted octanol–water partition coefficient (Wildman–Crippen LogP) is 3.76. The largest absolute Gasteiger partial charge is 0.338 e. The molecule has 0 N–H and O–H groups in total. The number of hydrogen-bond acceptors (Lipinski definition) is 4. The molecule has 2 aromatic heterocycles. The average Bonchev–Trinajstić information content (AvgIpc) is 2.90. The second-order valence-electron chi connectivity index (χ2n) is 8.20. The Kier molecular flexibility index (Phi) is 5.92. The molecule has 1 aromatic carbocycles. The van der Waals surface area contributed by atoms with E-state index in [1.165, 1.54) is 15.7 Å². The van der Waals surface area contributed by atoms with Crippen LogP contribution in [0, 0.1) is 13.8 Å². The summed E-state index contributed by atoms with van der Waals surface area (Å²) in [7, 11) is 0. The molecule has 0 aliphatic carbocycles. The lowest BCUT2D eigenvalue weighted by molar-refractivity contribution is 0.0751. The molecule has 3 aromatic rings. The lowest BCUT2D eigenvalue weighted by Gasteiger charge is -2.24. The van der Waals surface area contributed by atoms with Gasteiger partial charge in [-0.2, -0.15) is 0 Å². The van der Waals surface area contributed by atoms with E-state index in [9.17, 15) is 9.59 Å². The molecule has 31 heavy (non-hydrogen) atoms. The highest BCUT2D eigenvalue weighted by Gasteiger charge is 2.27. The zero-order chi connectivity index (χ0) is 22.1. The number of rotatable bonds is 3. The highest BCUT2D eigenvalue weighted by molar-refractivity contribution is 6.30. The molecule has 1 aliphatic rings. The van der Waals surface area contributed by atoms with Crippen molar-refractivity contribution < 1.29 is 4.79 Å². The summed E-state index contributed by atoms with van der Waals surface area (Å²) in [6.45, 7) is 7.14. The Hall–Kier alpha value is -2.99. The third-order valence-electron chi connectivity index (χ3n) is 5.83. The summed E-state index contributed by atoms with van der Waals surface area (Å²) in [5, 5.41) is 0.700. The minimum Gasteiger partial charge on any atom is -0.338 e. The van der Waals surface area contributed by atoms with Gasteiger partial charge in [0.05, 0.1) is 24.1 Å². The van der Waals surface area contributed by atoms with Gasteiger partial charge in [-0.25, -0.2) is 0 Å². The highest BCUT2D eigenvalue weighted by atomic mass is 35.5. The molecule has 1 amide bonds. The topological polar surface area (TPSA) is 68.1 Å². The molecule has 3 heterocycles. The fraction of sp³-hybridized carbons (Fsp3) is 0.333. The van der Waals surface area contributed by atoms with E-state index in [4.69, 9.17) is 11.6 Å². The van der Waals surface area contributed by atoms with Crippen LogP contribution in [0.2, 0.25) is 5.02 Å². The predicted molar refractivity (Wildman–Crippen MR) is 121 cm³/mol. The Bertz CT molecular complexity index is 1190. The van der Waals surface area contributed by atoms with Crippen LogP contribution >= 0.6 is 11.6 Å². The maximum absolute atomic E-state index is 13.5. The molecule has 1 aliphatic heterocycles. The maximum atomic E-state index is 13.5. The smallest absolute Gasteiger partial charge is 0.264 e. The average molecular weight is 437 g/mol. The van der Waals surface area contributed by atoms with Gasteiger partial charge in [-0.3, -0.25) is 19.6 Å². The van der Waals surface area contributed by atoms with Crippen LogP contribution in [0.15, 0.2) is 47.7 Å². The first-order chi connectivity index (χ1) is 14.8. The van der Waals surface area contributed by atoms with Crippen molar-refractivity contribution in [2.75, 3.05) is 13.1 Å². The van der Waals surface area contributed by atoms with Crippen LogP contribution in [0.25, 0.3) is 0 Å². The second-order valence-corrected chi connectivity index (χ2v) is 8.64. The Morgan fingerprint density at radius 3 is 2.74 bits per heavy atom. The van der Waals surface area contributed by atoms with Crippen LogP contribution in [-0.4, -0.2) is 38.4 Å². The number of halogens is 1. The monoisotopic (exact) mass is 436 g/mol. The van der Waals surface area contributed by atoms with Crippen LogP contribution in [-0.2, 0) is 13.0 Å². The summed E-state index contributed by atoms with van der Waals surface area (Å²) in [5.41, 5.74) is 4.46. The van der Waals surface area contributed by atoms with E-state index in [-0.39, 0.29) is 29.5 Å². The molecule has 0 fully saturated rings. The summed E-state index contributed by atoms with van der Waals surface area (Å²) >= 11 is 6.19. The molecule has 1 unspecified atom stereocenters. The van der Waals surface area contributed by atoms with Gasteiger partial charge in [0.2, 0.25) is 0 Å². The van der Waals surface area contributed by atoms with Crippen LogP contribution < -0.4 is 5.56 Å². The number of benzene rings is 1. The van der Waals surface area contributed by atoms with Gasteiger partial charge in [0.1, 0.15) is 5.56 Å². The second kappa shape index (κ2) is 8.63. The van der Waals surface area contributed by atoms with E-state index < -0.39 is 0 Å². The maximum Gasteiger partial charge on any atom is 0.264 e. The molecule has 4 rings (SSSR count). The van der Waals surface area contributed by atoms with Gasteiger partial charge in [-0.15, -0.1) is 0 Å². The third-order valence-corrected chi connectivity index (χ3v) is 6.06. The van der Waals surface area contributed by atoms with Gasteiger partial charge in [0, 0.05) is 30.5 Å². The van der Waals surface area contributed by atoms with Crippen molar-refractivity contribution in [2.24, 2.45) is 0 Å². The Balaban J connectivity index is 1.62. The summed E-state index contributed by atoms with van der Waals surface area (Å²) in [6.07, 6.45) is 5.77. The first-order valence-electron chi connectivity index (χ1n) is 10.4. The van der Waals surface area contributed by atoms with E-state index in [0.29, 0.717) is 29.4 Å². The van der Waals surface area contributed by atoms with Gasteiger partial charge in [0.15, 0.2) is 0 Å². The lowest BCUT2D eigenvalue weighted by Crippen LogP contribution is -2.39. The number of carbonyl (C=O) groups excluding carboxylic acids is 1. The minimum atomic E-state index is -0.301. The Labute approximate surface area is 186 Å². The van der Waals surface area contributed by atoms with Crippen molar-refractivity contribution in [3.05, 3.63) is 91.9 Å². The summed E-state index contributed by atoms with van der Waals surface area (Å²) in [5.74, 6) is -0.0909. The molecule has 0 spiro atoms. The first-order valence-corrected chi connectivity index (χ1v) is 10.8. The number of pyridine rings is 1. The number of carbonyl (C=O) groups is 1. The molecule has 1 atom stereocenters. The molecule has 0 saturated heterocycles. The normalized spacial score (nSPS) is 16.0. The molecule has 7 heteroatoms. The molecule has 0 saturated carbocycles. The van der Waals surface area contributed by atoms with Crippen LogP contribution in [0.4, 0.5) is 0 Å². The van der Waals surface area contributed by atoms with Crippen molar-refractivity contribution in [1.82, 2.24) is 19.4 Å². The number of amides is 1. The summed E-state index contributed by atoms with van der Waals surface area (Å²) in [6, 6.07) is 7.72. The van der Waals surface area contributed by atoms with E-state index in [1.54, 1.807) is 30.4 Å². The number of aryl methyl sites for hydroxylation is 2. The van der Waals surface area contributed by atoms with Gasteiger partial charge >= 0.3 is 0 Å². The van der Waals surface area contributed by atoms with Crippen LogP contribution in [0.3, 0.4) is 0 Å². The first kappa shape index (κ1) is 21.2. The van der Waals surface area contributed by atoms with Gasteiger partial charge < -0.3 is 9.47 Å². The van der Waals surface area contributed by atoms with Crippen LogP contribution in [0.1, 0.15) is 51.3 Å². The van der Waals surface area contributed by atoms with Crippen LogP contribution in [0.5, 0.6) is 0 Å². The highest BCUT2D eigenvalue weighted by Crippen LogP contribution is 2.28. The van der Waals surface area contributed by atoms with Crippen molar-refractivity contribution in [2.45, 2.75) is 39.7 Å². The van der Waals surface area contributed by atoms with Gasteiger partial charge in [-0.1, -0.05) is 24.6 Å². The molecular weight excluding hydrogens is 412 g/mol. The molecule has 160 valence electrons. The Morgan fingerprint density at radius 2 is 2.00 bits per heavy atom. The lowest BCUT2D eigenvalue weighted by atomic mass is 9.95. The molecule has 6 nitrogen and oxygen atoms in total. The van der Waals surface area contributed by atoms with Crippen molar-refractivity contribution >= 4 is 17.5 Å². The fourth-order valence-corrected chi connectivity index (χ4v) is 4.28. The quantitative estimate of drug-likeness (QED) is 0.627. The van der Waals surface area contributed by atoms with Crippen molar-refractivity contribution in [3.8, 4) is 0 Å². The zero-order valence-corrected chi connectivity index (χ0v) is 18.7. The van der Waals surface area contributed by atoms with E-state index in [0.717, 1.165) is 12.1 Å². The number of fused-ring (bicyclic) bond motifs is 1. The fourth-order valence-electron chi connectivity index (χ4n) is 4.10. The summed E-state index contributed by atoms with van der Waals surface area (Å²) < 4.78 is 1.52. The standard InChI is InChI=1S/C24H25ClN4O2/c1-15-6-8-29(14-20-12-26-17(3)11-27-20)24(31)22(15)23(30)28-9-7-18-4-5-19(25)10-21(18)16(2)13-28/h4-6,8,10-12,16H,7,9,13-14H2,1-3H3. The third kappa shape index (κ3) is 4.39. The van der Waals surface area contributed by atoms with E-state index in [2.05, 4.69) is 16.9 Å². The minimum absolute atomic E-state index is 0.134. The van der Waals surface area contributed by atoms with Crippen molar-refractivity contribution in [1.29, 1.82) is 0 Å². The van der Waals surface area contributed by atoms with Gasteiger partial charge in [0.25, 0.3) is 11.5 Å². The number of nitrogens with zero attached hydrogens (tertiary/aromatic N) is 4. The van der Waals surface area contributed by atoms with E-state index >= 15 is 0 Å². The molecule has 0 bridgehead atoms. The Morgan fingerprint density at radius 1 is 1.19 bits per heavy atom. The number of aromatic nitrogens is 3. The SMILES string of the molecule is Cc1cnc(Cn2ccc(C)c(C(=O)N3CCc4ccc(Cl)cc4C(C)C3)c2=O)cn1. The van der Waals surface area contributed by atoms with Crippen molar-refractivity contribution in [3.63, 3.8) is 0 Å². The van der Waals surface area contributed by atoms with Gasteiger partial charge in [-0.05, 0) is 61.1 Å². The summed E-state index contributed by atoms with van der Waals surface area (Å²) in [4.78, 5) is 37.0. The molecular formula is C24H25ClN4O2. The van der Waals surface area contributed by atoms with E-state index in [1.807, 2.05) is 31.2 Å².